The number of aliphatic imine (C=N–C) groups is 2. The third-order valence-corrected chi connectivity index (χ3v) is 4.22. The van der Waals surface area contributed by atoms with Gasteiger partial charge in [0.2, 0.25) is 5.91 Å². The normalized spacial score (nSPS) is 13.4. The Morgan fingerprint density at radius 2 is 1.28 bits per heavy atom. The van der Waals surface area contributed by atoms with E-state index >= 15 is 0 Å². The first kappa shape index (κ1) is 38.4. The van der Waals surface area contributed by atoms with Crippen LogP contribution in [0.5, 0.6) is 0 Å². The number of amides is 1. The zero-order valence-electron chi connectivity index (χ0n) is 19.9. The number of rotatable bonds is 17. The van der Waals surface area contributed by atoms with Crippen molar-refractivity contribution in [2.24, 2.45) is 27.2 Å². The molecule has 0 aliphatic heterocycles. The lowest BCUT2D eigenvalue weighted by Crippen LogP contribution is -2.51. The lowest BCUT2D eigenvalue weighted by Gasteiger charge is -2.28. The molecule has 194 valence electrons. The van der Waals surface area contributed by atoms with Gasteiger partial charge in [-0.05, 0) is 66.2 Å². The van der Waals surface area contributed by atoms with Crippen LogP contribution in [0.25, 0.3) is 0 Å². The minimum atomic E-state index is -0.575. The lowest BCUT2D eigenvalue weighted by molar-refractivity contribution is -0.159. The highest BCUT2D eigenvalue weighted by atomic mass is 35.5. The molecule has 0 aromatic heterocycles. The number of ether oxygens (including phenoxy) is 2. The number of halogens is 3. The quantitative estimate of drug-likeness (QED) is 0.0995. The molecule has 2 unspecified atom stereocenters. The Balaban J connectivity index is -0.00000131. The fourth-order valence-corrected chi connectivity index (χ4v) is 2.77. The van der Waals surface area contributed by atoms with Gasteiger partial charge in [-0.3, -0.25) is 14.8 Å². The molecule has 12 heteroatoms. The van der Waals surface area contributed by atoms with E-state index in [1.54, 1.807) is 13.8 Å². The topological polar surface area (TPSA) is 150 Å². The van der Waals surface area contributed by atoms with Gasteiger partial charge in [-0.1, -0.05) is 0 Å². The van der Waals surface area contributed by atoms with E-state index in [1.807, 2.05) is 13.8 Å². The van der Waals surface area contributed by atoms with Crippen LogP contribution in [0.1, 0.15) is 66.2 Å². The van der Waals surface area contributed by atoms with Gasteiger partial charge in [0.25, 0.3) is 0 Å². The van der Waals surface area contributed by atoms with Gasteiger partial charge in [-0.15, -0.1) is 37.2 Å². The van der Waals surface area contributed by atoms with E-state index < -0.39 is 12.3 Å². The first-order chi connectivity index (χ1) is 13.8. The van der Waals surface area contributed by atoms with Gasteiger partial charge >= 0.3 is 0 Å². The molecule has 0 saturated heterocycles. The molecule has 1 amide bonds. The summed E-state index contributed by atoms with van der Waals surface area (Å²) in [7, 11) is 0. The molecule has 0 rings (SSSR count). The average molecular weight is 524 g/mol. The summed E-state index contributed by atoms with van der Waals surface area (Å²) in [6.45, 7) is 9.66. The van der Waals surface area contributed by atoms with E-state index in [2.05, 4.69) is 15.3 Å². The van der Waals surface area contributed by atoms with Crippen molar-refractivity contribution in [2.45, 2.75) is 84.6 Å². The molecule has 0 aliphatic rings. The second-order valence-electron chi connectivity index (χ2n) is 7.04. The van der Waals surface area contributed by atoms with Crippen molar-refractivity contribution in [3.05, 3.63) is 0 Å². The predicted octanol–water partition coefficient (Wildman–Crippen LogP) is 2.56. The van der Waals surface area contributed by atoms with Crippen LogP contribution in [-0.2, 0) is 14.3 Å². The van der Waals surface area contributed by atoms with Crippen LogP contribution in [0.4, 0.5) is 0 Å². The van der Waals surface area contributed by atoms with Crippen molar-refractivity contribution < 1.29 is 14.3 Å². The summed E-state index contributed by atoms with van der Waals surface area (Å²) in [4.78, 5) is 20.9. The third-order valence-electron chi connectivity index (χ3n) is 4.22. The number of nitrogens with two attached hydrogens (primary N) is 3. The summed E-state index contributed by atoms with van der Waals surface area (Å²) < 4.78 is 11.4. The number of hydrogen-bond donors (Lipinski definition) is 4. The molecular weight excluding hydrogens is 479 g/mol. The Bertz CT molecular complexity index is 499. The summed E-state index contributed by atoms with van der Waals surface area (Å²) in [5, 5.41) is 3.02. The molecule has 0 aromatic rings. The van der Waals surface area contributed by atoms with E-state index in [4.69, 9.17) is 26.7 Å². The molecule has 7 N–H and O–H groups in total. The third kappa shape index (κ3) is 21.0. The van der Waals surface area contributed by atoms with Crippen LogP contribution in [0.15, 0.2) is 9.98 Å². The number of amidine groups is 2. The van der Waals surface area contributed by atoms with E-state index in [0.29, 0.717) is 50.8 Å². The predicted molar refractivity (Wildman–Crippen MR) is 141 cm³/mol. The van der Waals surface area contributed by atoms with Gasteiger partial charge in [0.1, 0.15) is 0 Å². The molecule has 0 aliphatic carbocycles. The van der Waals surface area contributed by atoms with Crippen LogP contribution in [0.2, 0.25) is 0 Å². The summed E-state index contributed by atoms with van der Waals surface area (Å²) in [5.41, 5.74) is 17.2. The van der Waals surface area contributed by atoms with Crippen LogP contribution < -0.4 is 22.5 Å². The maximum Gasteiger partial charge on any atom is 0.237 e. The summed E-state index contributed by atoms with van der Waals surface area (Å²) in [6, 6.07) is -0.838. The van der Waals surface area contributed by atoms with E-state index in [-0.39, 0.29) is 49.2 Å². The first-order valence-corrected chi connectivity index (χ1v) is 10.6. The monoisotopic (exact) mass is 522 g/mol. The molecule has 0 heterocycles. The highest BCUT2D eigenvalue weighted by Gasteiger charge is 2.26. The minimum Gasteiger partial charge on any atom is -0.388 e. The van der Waals surface area contributed by atoms with Crippen LogP contribution in [0.3, 0.4) is 0 Å². The number of unbranched alkanes of at least 4 members (excludes halogenated alkanes) is 2. The minimum absolute atomic E-state index is 0. The molecule has 0 spiro atoms. The highest BCUT2D eigenvalue weighted by molar-refractivity contribution is 5.86. The van der Waals surface area contributed by atoms with Gasteiger partial charge in [0, 0.05) is 26.3 Å². The number of carbonyl (C=O) groups is 1. The van der Waals surface area contributed by atoms with Gasteiger partial charge < -0.3 is 32.0 Å². The molecular formula is C20H45Cl3N6O3. The Kier molecular flexibility index (Phi) is 29.8. The maximum absolute atomic E-state index is 12.6. The van der Waals surface area contributed by atoms with Crippen molar-refractivity contribution in [2.75, 3.05) is 26.3 Å². The fraction of sp³-hybridized carbons (Fsp3) is 0.850. The number of hydrogen-bond acceptors (Lipinski definition) is 6. The summed E-state index contributed by atoms with van der Waals surface area (Å²) in [6.07, 6.45) is 4.21. The Labute approximate surface area is 212 Å². The second-order valence-corrected chi connectivity index (χ2v) is 7.04. The number of nitrogens with one attached hydrogen (secondary N) is 1. The molecule has 0 fully saturated rings. The van der Waals surface area contributed by atoms with E-state index in [9.17, 15) is 4.79 Å². The van der Waals surface area contributed by atoms with Crippen LogP contribution >= 0.6 is 37.2 Å². The van der Waals surface area contributed by atoms with Gasteiger partial charge in [0.05, 0.1) is 23.8 Å². The van der Waals surface area contributed by atoms with Crippen LogP contribution in [-0.4, -0.2) is 62.3 Å². The van der Waals surface area contributed by atoms with Gasteiger partial charge in [0.15, 0.2) is 6.29 Å². The van der Waals surface area contributed by atoms with E-state index in [0.717, 1.165) is 25.7 Å². The smallest absolute Gasteiger partial charge is 0.237 e. The Morgan fingerprint density at radius 1 is 0.844 bits per heavy atom. The molecule has 9 nitrogen and oxygen atoms in total. The van der Waals surface area contributed by atoms with Crippen molar-refractivity contribution in [3.8, 4) is 0 Å². The molecule has 0 bridgehead atoms. The first-order valence-electron chi connectivity index (χ1n) is 10.6. The maximum atomic E-state index is 12.6. The van der Waals surface area contributed by atoms with E-state index in [1.165, 1.54) is 0 Å². The Hall–Kier alpha value is -0.840. The highest BCUT2D eigenvalue weighted by Crippen LogP contribution is 2.12. The number of carbonyl (C=O) groups excluding carboxylic acids is 1. The zero-order chi connectivity index (χ0) is 22.1. The van der Waals surface area contributed by atoms with Crippen molar-refractivity contribution >= 4 is 54.8 Å². The molecule has 0 aromatic carbocycles. The Morgan fingerprint density at radius 3 is 1.69 bits per heavy atom. The molecule has 0 saturated carbocycles. The summed E-state index contributed by atoms with van der Waals surface area (Å²) >= 11 is 0. The summed E-state index contributed by atoms with van der Waals surface area (Å²) in [5.74, 6) is 0.962. The van der Waals surface area contributed by atoms with Crippen LogP contribution in [0, 0.1) is 0 Å². The van der Waals surface area contributed by atoms with Crippen molar-refractivity contribution in [3.63, 3.8) is 0 Å². The molecule has 0 radical (unpaired) electrons. The van der Waals surface area contributed by atoms with Crippen molar-refractivity contribution in [1.29, 1.82) is 0 Å². The lowest BCUT2D eigenvalue weighted by atomic mass is 10.1. The molecule has 2 atom stereocenters. The van der Waals surface area contributed by atoms with Gasteiger partial charge in [-0.25, -0.2) is 0 Å². The number of nitrogens with zero attached hydrogens (tertiary/aromatic N) is 2. The zero-order valence-corrected chi connectivity index (χ0v) is 22.3. The van der Waals surface area contributed by atoms with Crippen molar-refractivity contribution in [1.82, 2.24) is 5.32 Å². The molecule has 32 heavy (non-hydrogen) atoms. The SMILES string of the molecule is CCOC(OCC)C(CCCCN=C(C)N)NC(=O)C(N)CCCCN=C(C)N.Cl.Cl.Cl. The largest absolute Gasteiger partial charge is 0.388 e. The van der Waals surface area contributed by atoms with Gasteiger partial charge in [-0.2, -0.15) is 0 Å². The standard InChI is InChI=1S/C20H42N6O3.3ClH/c1-5-28-20(29-6-2)18(12-8-10-14-25-16(4)22)26-19(27)17(23)11-7-9-13-24-15(3)21;;;/h17-18,20H,5-14,23H2,1-4H3,(H2,21,24)(H2,22,25)(H,26,27);3*1H. The average Bonchev–Trinajstić information content (AvgIpc) is 2.65. The second kappa shape index (κ2) is 24.8. The fourth-order valence-electron chi connectivity index (χ4n) is 2.77.